The van der Waals surface area contributed by atoms with Crippen molar-refractivity contribution in [3.8, 4) is 5.75 Å². The highest BCUT2D eigenvalue weighted by Crippen LogP contribution is 2.42. The van der Waals surface area contributed by atoms with Crippen molar-refractivity contribution in [1.29, 1.82) is 0 Å². The number of nitrogens with zero attached hydrogens (tertiary/aromatic N) is 3. The van der Waals surface area contributed by atoms with Crippen LogP contribution in [0.15, 0.2) is 12.1 Å². The van der Waals surface area contributed by atoms with Gasteiger partial charge in [-0.1, -0.05) is 23.2 Å². The Morgan fingerprint density at radius 3 is 2.87 bits per heavy atom. The van der Waals surface area contributed by atoms with Crippen LogP contribution >= 0.6 is 23.2 Å². The van der Waals surface area contributed by atoms with Crippen LogP contribution in [-0.4, -0.2) is 33.1 Å². The number of fused-ring (bicyclic) bond motifs is 1. The van der Waals surface area contributed by atoms with E-state index in [4.69, 9.17) is 27.9 Å². The molecule has 0 radical (unpaired) electrons. The Morgan fingerprint density at radius 2 is 2.09 bits per heavy atom. The van der Waals surface area contributed by atoms with E-state index in [2.05, 4.69) is 14.8 Å². The zero-order chi connectivity index (χ0) is 16.0. The van der Waals surface area contributed by atoms with Gasteiger partial charge < -0.3 is 14.4 Å². The SMILES string of the molecule is Oc1ccc(Cl)c(Cl)c1[C@@H]1Cc2nnc([C@H]3CCCOC3)n2C1. The van der Waals surface area contributed by atoms with Crippen LogP contribution < -0.4 is 0 Å². The number of benzene rings is 1. The fourth-order valence-corrected chi connectivity index (χ4v) is 4.07. The summed E-state index contributed by atoms with van der Waals surface area (Å²) < 4.78 is 7.72. The van der Waals surface area contributed by atoms with Crippen molar-refractivity contribution in [3.05, 3.63) is 39.4 Å². The van der Waals surface area contributed by atoms with E-state index >= 15 is 0 Å². The second-order valence-corrected chi connectivity index (χ2v) is 6.98. The molecule has 1 aromatic heterocycles. The third-order valence-corrected chi connectivity index (χ3v) is 5.55. The standard InChI is InChI=1S/C16H17Cl2N3O2/c17-11-3-4-12(22)14(15(11)18)10-6-13-19-20-16(21(13)7-10)9-2-1-5-23-8-9/h3-4,9-10,22H,1-2,5-8H2/t9-,10+/m0/s1. The minimum absolute atomic E-state index is 0.0648. The normalized spacial score (nSPS) is 23.9. The fourth-order valence-electron chi connectivity index (χ4n) is 3.59. The maximum absolute atomic E-state index is 10.2. The molecule has 4 rings (SSSR count). The van der Waals surface area contributed by atoms with E-state index < -0.39 is 0 Å². The molecule has 1 aromatic carbocycles. The van der Waals surface area contributed by atoms with Gasteiger partial charge in [-0.25, -0.2) is 0 Å². The Labute approximate surface area is 144 Å². The smallest absolute Gasteiger partial charge is 0.138 e. The van der Waals surface area contributed by atoms with Crippen molar-refractivity contribution in [2.24, 2.45) is 0 Å². The minimum atomic E-state index is 0.0648. The molecule has 2 aliphatic rings. The van der Waals surface area contributed by atoms with E-state index in [1.54, 1.807) is 12.1 Å². The fraction of sp³-hybridized carbons (Fsp3) is 0.500. The molecule has 23 heavy (non-hydrogen) atoms. The highest BCUT2D eigenvalue weighted by molar-refractivity contribution is 6.42. The summed E-state index contributed by atoms with van der Waals surface area (Å²) in [6.45, 7) is 2.24. The highest BCUT2D eigenvalue weighted by atomic mass is 35.5. The van der Waals surface area contributed by atoms with Gasteiger partial charge in [-0.3, -0.25) is 0 Å². The molecule has 0 saturated carbocycles. The van der Waals surface area contributed by atoms with Gasteiger partial charge in [0.15, 0.2) is 0 Å². The lowest BCUT2D eigenvalue weighted by atomic mass is 9.96. The van der Waals surface area contributed by atoms with Crippen molar-refractivity contribution in [1.82, 2.24) is 14.8 Å². The average molecular weight is 354 g/mol. The molecule has 1 fully saturated rings. The first-order valence-electron chi connectivity index (χ1n) is 7.81. The summed E-state index contributed by atoms with van der Waals surface area (Å²) in [5.74, 6) is 2.47. The zero-order valence-electron chi connectivity index (χ0n) is 12.5. The number of ether oxygens (including phenoxy) is 1. The van der Waals surface area contributed by atoms with E-state index in [1.165, 1.54) is 0 Å². The lowest BCUT2D eigenvalue weighted by Crippen LogP contribution is -2.19. The minimum Gasteiger partial charge on any atom is -0.508 e. The van der Waals surface area contributed by atoms with Crippen molar-refractivity contribution in [2.75, 3.05) is 13.2 Å². The van der Waals surface area contributed by atoms with Crippen LogP contribution in [0.4, 0.5) is 0 Å². The molecular formula is C16H17Cl2N3O2. The van der Waals surface area contributed by atoms with Crippen molar-refractivity contribution >= 4 is 23.2 Å². The molecule has 3 heterocycles. The third-order valence-electron chi connectivity index (χ3n) is 4.73. The molecule has 122 valence electrons. The predicted molar refractivity (Wildman–Crippen MR) is 87.4 cm³/mol. The second kappa shape index (κ2) is 5.96. The summed E-state index contributed by atoms with van der Waals surface area (Å²) in [5, 5.41) is 19.8. The number of phenols is 1. The molecule has 0 bridgehead atoms. The van der Waals surface area contributed by atoms with Crippen LogP contribution in [0.25, 0.3) is 0 Å². The van der Waals surface area contributed by atoms with Gasteiger partial charge in [0.05, 0.1) is 16.7 Å². The van der Waals surface area contributed by atoms with Crippen LogP contribution in [0.5, 0.6) is 5.75 Å². The van der Waals surface area contributed by atoms with E-state index in [9.17, 15) is 5.11 Å². The summed E-state index contributed by atoms with van der Waals surface area (Å²) in [4.78, 5) is 0. The molecular weight excluding hydrogens is 337 g/mol. The van der Waals surface area contributed by atoms with Gasteiger partial charge >= 0.3 is 0 Å². The summed E-state index contributed by atoms with van der Waals surface area (Å²) >= 11 is 12.4. The molecule has 7 heteroatoms. The number of hydrogen-bond donors (Lipinski definition) is 1. The van der Waals surface area contributed by atoms with Crippen LogP contribution in [0.2, 0.25) is 10.0 Å². The van der Waals surface area contributed by atoms with Crippen molar-refractivity contribution < 1.29 is 9.84 Å². The maximum atomic E-state index is 10.2. The third kappa shape index (κ3) is 2.61. The molecule has 1 saturated heterocycles. The van der Waals surface area contributed by atoms with E-state index in [1.807, 2.05) is 0 Å². The lowest BCUT2D eigenvalue weighted by Gasteiger charge is -2.22. The molecule has 0 spiro atoms. The Morgan fingerprint density at radius 1 is 1.22 bits per heavy atom. The van der Waals surface area contributed by atoms with Crippen molar-refractivity contribution in [2.45, 2.75) is 37.6 Å². The van der Waals surface area contributed by atoms with Gasteiger partial charge in [-0.2, -0.15) is 0 Å². The van der Waals surface area contributed by atoms with E-state index in [-0.39, 0.29) is 11.7 Å². The van der Waals surface area contributed by atoms with Crippen molar-refractivity contribution in [3.63, 3.8) is 0 Å². The quantitative estimate of drug-likeness (QED) is 0.896. The summed E-state index contributed by atoms with van der Waals surface area (Å²) in [7, 11) is 0. The van der Waals surface area contributed by atoms with E-state index in [0.29, 0.717) is 41.1 Å². The summed E-state index contributed by atoms with van der Waals surface area (Å²) in [6, 6.07) is 3.21. The Hall–Kier alpha value is -1.30. The van der Waals surface area contributed by atoms with E-state index in [0.717, 1.165) is 31.1 Å². The number of aromatic hydroxyl groups is 1. The monoisotopic (exact) mass is 353 g/mol. The largest absolute Gasteiger partial charge is 0.508 e. The van der Waals surface area contributed by atoms with Crippen LogP contribution in [0.3, 0.4) is 0 Å². The topological polar surface area (TPSA) is 60.2 Å². The lowest BCUT2D eigenvalue weighted by molar-refractivity contribution is 0.0769. The molecule has 0 unspecified atom stereocenters. The van der Waals surface area contributed by atoms with Gasteiger partial charge in [0.1, 0.15) is 17.4 Å². The van der Waals surface area contributed by atoms with Crippen LogP contribution in [-0.2, 0) is 17.7 Å². The Kier molecular flexibility index (Phi) is 3.95. The predicted octanol–water partition coefficient (Wildman–Crippen LogP) is 3.52. The Bertz CT molecular complexity index is 741. The number of hydrogen-bond acceptors (Lipinski definition) is 4. The van der Waals surface area contributed by atoms with Gasteiger partial charge in [0.25, 0.3) is 0 Å². The van der Waals surface area contributed by atoms with Gasteiger partial charge in [-0.05, 0) is 25.0 Å². The first-order valence-corrected chi connectivity index (χ1v) is 8.57. The van der Waals surface area contributed by atoms with Gasteiger partial charge in [0, 0.05) is 37.0 Å². The first kappa shape index (κ1) is 15.2. The Balaban J connectivity index is 1.64. The second-order valence-electron chi connectivity index (χ2n) is 6.19. The number of aromatic nitrogens is 3. The molecule has 5 nitrogen and oxygen atoms in total. The number of halogens is 2. The summed E-state index contributed by atoms with van der Waals surface area (Å²) in [6.07, 6.45) is 2.83. The molecule has 1 N–H and O–H groups in total. The van der Waals surface area contributed by atoms with Gasteiger partial charge in [0.2, 0.25) is 0 Å². The maximum Gasteiger partial charge on any atom is 0.138 e. The molecule has 0 amide bonds. The molecule has 2 aliphatic heterocycles. The first-order chi connectivity index (χ1) is 11.1. The number of phenolic OH excluding ortho intramolecular Hbond substituents is 1. The number of rotatable bonds is 2. The molecule has 2 aromatic rings. The summed E-state index contributed by atoms with van der Waals surface area (Å²) in [5.41, 5.74) is 0.704. The average Bonchev–Trinajstić information content (AvgIpc) is 3.12. The molecule has 0 aliphatic carbocycles. The van der Waals surface area contributed by atoms with Crippen LogP contribution in [0.1, 0.15) is 41.9 Å². The molecule has 2 atom stereocenters. The zero-order valence-corrected chi connectivity index (χ0v) is 14.0. The van der Waals surface area contributed by atoms with Crippen LogP contribution in [0, 0.1) is 0 Å². The van der Waals surface area contributed by atoms with Gasteiger partial charge in [-0.15, -0.1) is 10.2 Å². The highest BCUT2D eigenvalue weighted by Gasteiger charge is 2.33.